The molecule has 0 aliphatic heterocycles. The third-order valence-electron chi connectivity index (χ3n) is 3.07. The van der Waals surface area contributed by atoms with Gasteiger partial charge in [-0.2, -0.15) is 0 Å². The molecule has 0 aliphatic carbocycles. The van der Waals surface area contributed by atoms with Crippen LogP contribution < -0.4 is 10.6 Å². The van der Waals surface area contributed by atoms with E-state index in [1.165, 1.54) is 7.11 Å². The van der Waals surface area contributed by atoms with E-state index in [1.807, 2.05) is 12.1 Å². The van der Waals surface area contributed by atoms with Crippen molar-refractivity contribution in [2.45, 2.75) is 26.8 Å². The Morgan fingerprint density at radius 3 is 2.36 bits per heavy atom. The van der Waals surface area contributed by atoms with Gasteiger partial charge < -0.3 is 15.4 Å². The van der Waals surface area contributed by atoms with Crippen molar-refractivity contribution in [3.8, 4) is 0 Å². The molecule has 2 N–H and O–H groups in total. The molecule has 22 heavy (non-hydrogen) atoms. The van der Waals surface area contributed by atoms with Gasteiger partial charge in [0.25, 0.3) is 0 Å². The minimum absolute atomic E-state index is 0. The summed E-state index contributed by atoms with van der Waals surface area (Å²) in [6.45, 7) is 5.95. The number of nitrogens with zero attached hydrogens (tertiary/aromatic N) is 1. The van der Waals surface area contributed by atoms with Crippen LogP contribution in [0.25, 0.3) is 0 Å². The van der Waals surface area contributed by atoms with Crippen molar-refractivity contribution in [2.24, 2.45) is 10.9 Å². The molecule has 0 heterocycles. The molecule has 0 unspecified atom stereocenters. The molecule has 0 bridgehead atoms. The summed E-state index contributed by atoms with van der Waals surface area (Å²) in [7, 11) is 3.13. The Morgan fingerprint density at radius 1 is 1.23 bits per heavy atom. The lowest BCUT2D eigenvalue weighted by Gasteiger charge is -2.13. The second kappa shape index (κ2) is 11.3. The number of hydrogen-bond acceptors (Lipinski definition) is 3. The average Bonchev–Trinajstić information content (AvgIpc) is 2.50. The molecule has 0 saturated heterocycles. The molecule has 6 heteroatoms. The van der Waals surface area contributed by atoms with Crippen LogP contribution in [0.3, 0.4) is 0 Å². The van der Waals surface area contributed by atoms with Crippen LogP contribution >= 0.6 is 24.0 Å². The quantitative estimate of drug-likeness (QED) is 0.322. The van der Waals surface area contributed by atoms with Gasteiger partial charge in [0.15, 0.2) is 5.96 Å². The zero-order valence-corrected chi connectivity index (χ0v) is 16.0. The smallest absolute Gasteiger partial charge is 0.337 e. The fourth-order valence-electron chi connectivity index (χ4n) is 1.76. The largest absolute Gasteiger partial charge is 0.465 e. The maximum atomic E-state index is 11.3. The van der Waals surface area contributed by atoms with Gasteiger partial charge in [-0.1, -0.05) is 26.0 Å². The summed E-state index contributed by atoms with van der Waals surface area (Å²) in [4.78, 5) is 15.5. The Hall–Kier alpha value is -1.31. The third kappa shape index (κ3) is 7.63. The highest BCUT2D eigenvalue weighted by Gasteiger charge is 2.04. The molecule has 0 saturated carbocycles. The summed E-state index contributed by atoms with van der Waals surface area (Å²) >= 11 is 0. The van der Waals surface area contributed by atoms with Gasteiger partial charge in [-0.25, -0.2) is 4.79 Å². The van der Waals surface area contributed by atoms with Crippen LogP contribution in [0.2, 0.25) is 0 Å². The van der Waals surface area contributed by atoms with Crippen LogP contribution in [0.1, 0.15) is 36.2 Å². The molecule has 0 aromatic heterocycles. The average molecular weight is 419 g/mol. The predicted octanol–water partition coefficient (Wildman–Crippen LogP) is 2.80. The van der Waals surface area contributed by atoms with Gasteiger partial charge in [0.2, 0.25) is 0 Å². The minimum Gasteiger partial charge on any atom is -0.465 e. The van der Waals surface area contributed by atoms with Gasteiger partial charge in [-0.3, -0.25) is 4.99 Å². The number of nitrogens with one attached hydrogen (secondary N) is 2. The highest BCUT2D eigenvalue weighted by atomic mass is 127. The van der Waals surface area contributed by atoms with Gasteiger partial charge in [-0.15, -0.1) is 24.0 Å². The van der Waals surface area contributed by atoms with E-state index < -0.39 is 0 Å². The number of carbonyl (C=O) groups excluding carboxylic acids is 1. The van der Waals surface area contributed by atoms with Gasteiger partial charge in [-0.05, 0) is 30.0 Å². The van der Waals surface area contributed by atoms with Crippen LogP contribution in [0.15, 0.2) is 29.3 Å². The van der Waals surface area contributed by atoms with E-state index in [0.717, 1.165) is 24.5 Å². The molecule has 1 aromatic carbocycles. The van der Waals surface area contributed by atoms with Crippen molar-refractivity contribution in [1.82, 2.24) is 10.6 Å². The van der Waals surface area contributed by atoms with Crippen molar-refractivity contribution in [2.75, 3.05) is 20.7 Å². The Labute approximate surface area is 149 Å². The molecule has 0 fully saturated rings. The van der Waals surface area contributed by atoms with E-state index in [1.54, 1.807) is 19.2 Å². The van der Waals surface area contributed by atoms with Crippen LogP contribution in [-0.2, 0) is 11.3 Å². The fourth-order valence-corrected chi connectivity index (χ4v) is 1.76. The standard InChI is InChI=1S/C16H25N3O2.HI/c1-12(2)9-10-18-16(17-3)19-11-13-5-7-14(8-6-13)15(20)21-4;/h5-8,12H,9-11H2,1-4H3,(H2,17,18,19);1H. The van der Waals surface area contributed by atoms with E-state index in [2.05, 4.69) is 34.2 Å². The highest BCUT2D eigenvalue weighted by Crippen LogP contribution is 2.05. The maximum Gasteiger partial charge on any atom is 0.337 e. The Morgan fingerprint density at radius 2 is 1.86 bits per heavy atom. The van der Waals surface area contributed by atoms with Crippen molar-refractivity contribution in [3.05, 3.63) is 35.4 Å². The molecule has 1 aromatic rings. The zero-order valence-electron chi connectivity index (χ0n) is 13.7. The Kier molecular flexibility index (Phi) is 10.6. The number of rotatable bonds is 6. The molecule has 0 atom stereocenters. The zero-order chi connectivity index (χ0) is 15.7. The van der Waals surface area contributed by atoms with Crippen molar-refractivity contribution >= 4 is 35.9 Å². The predicted molar refractivity (Wildman–Crippen MR) is 101 cm³/mol. The van der Waals surface area contributed by atoms with Gasteiger partial charge in [0.05, 0.1) is 12.7 Å². The molecule has 0 aliphatic rings. The minimum atomic E-state index is -0.319. The summed E-state index contributed by atoms with van der Waals surface area (Å²) in [5.74, 6) is 1.13. The molecule has 0 spiro atoms. The molecular formula is C16H26IN3O2. The maximum absolute atomic E-state index is 11.3. The first kappa shape index (κ1) is 20.7. The number of hydrogen-bond donors (Lipinski definition) is 2. The first-order chi connectivity index (χ1) is 10.1. The third-order valence-corrected chi connectivity index (χ3v) is 3.07. The number of aliphatic imine (C=N–C) groups is 1. The number of benzene rings is 1. The van der Waals surface area contributed by atoms with E-state index in [0.29, 0.717) is 18.0 Å². The monoisotopic (exact) mass is 419 g/mol. The van der Waals surface area contributed by atoms with E-state index in [9.17, 15) is 4.79 Å². The van der Waals surface area contributed by atoms with Crippen LogP contribution in [0.4, 0.5) is 0 Å². The Bertz CT molecular complexity index is 473. The lowest BCUT2D eigenvalue weighted by molar-refractivity contribution is 0.0600. The number of methoxy groups -OCH3 is 1. The number of guanidine groups is 1. The van der Waals surface area contributed by atoms with Gasteiger partial charge in [0.1, 0.15) is 0 Å². The number of halogens is 1. The summed E-state index contributed by atoms with van der Waals surface area (Å²) in [6.07, 6.45) is 1.11. The lowest BCUT2D eigenvalue weighted by Crippen LogP contribution is -2.37. The number of esters is 1. The summed E-state index contributed by atoms with van der Waals surface area (Å²) in [5, 5.41) is 6.52. The van der Waals surface area contributed by atoms with Crippen molar-refractivity contribution in [1.29, 1.82) is 0 Å². The highest BCUT2D eigenvalue weighted by molar-refractivity contribution is 14.0. The van der Waals surface area contributed by atoms with Crippen LogP contribution in [0.5, 0.6) is 0 Å². The second-order valence-electron chi connectivity index (χ2n) is 5.22. The molecule has 0 amide bonds. The topological polar surface area (TPSA) is 62.7 Å². The van der Waals surface area contributed by atoms with E-state index in [-0.39, 0.29) is 29.9 Å². The number of ether oxygens (including phenoxy) is 1. The summed E-state index contributed by atoms with van der Waals surface area (Å²) in [5.41, 5.74) is 1.63. The van der Waals surface area contributed by atoms with Gasteiger partial charge in [0, 0.05) is 20.1 Å². The molecule has 124 valence electrons. The Balaban J connectivity index is 0.00000441. The SMILES string of the molecule is CN=C(NCCC(C)C)NCc1ccc(C(=O)OC)cc1.I. The second-order valence-corrected chi connectivity index (χ2v) is 5.22. The van der Waals surface area contributed by atoms with Crippen molar-refractivity contribution in [3.63, 3.8) is 0 Å². The molecule has 1 rings (SSSR count). The lowest BCUT2D eigenvalue weighted by atomic mass is 10.1. The van der Waals surface area contributed by atoms with Crippen LogP contribution in [-0.4, -0.2) is 32.6 Å². The van der Waals surface area contributed by atoms with Crippen LogP contribution in [0, 0.1) is 5.92 Å². The normalized spacial score (nSPS) is 10.9. The molecular weight excluding hydrogens is 393 g/mol. The molecule has 5 nitrogen and oxygen atoms in total. The first-order valence-electron chi connectivity index (χ1n) is 7.18. The van der Waals surface area contributed by atoms with Gasteiger partial charge >= 0.3 is 5.97 Å². The van der Waals surface area contributed by atoms with E-state index >= 15 is 0 Å². The fraction of sp³-hybridized carbons (Fsp3) is 0.500. The van der Waals surface area contributed by atoms with E-state index in [4.69, 9.17) is 0 Å². The first-order valence-corrected chi connectivity index (χ1v) is 7.18. The van der Waals surface area contributed by atoms with Crippen molar-refractivity contribution < 1.29 is 9.53 Å². The summed E-state index contributed by atoms with van der Waals surface area (Å²) in [6, 6.07) is 7.33. The molecule has 0 radical (unpaired) electrons. The number of carbonyl (C=O) groups is 1. The summed E-state index contributed by atoms with van der Waals surface area (Å²) < 4.78 is 4.67.